The molecular weight excluding hydrogens is 414 g/mol. The molecule has 172 valence electrons. The van der Waals surface area contributed by atoms with E-state index in [2.05, 4.69) is 10.4 Å². The van der Waals surface area contributed by atoms with Crippen molar-refractivity contribution in [3.8, 4) is 5.88 Å². The van der Waals surface area contributed by atoms with E-state index in [0.29, 0.717) is 30.8 Å². The van der Waals surface area contributed by atoms with Gasteiger partial charge in [0.1, 0.15) is 5.65 Å². The number of fused-ring (bicyclic) bond motifs is 1. The second-order valence-electron chi connectivity index (χ2n) is 8.86. The van der Waals surface area contributed by atoms with Crippen LogP contribution in [0.25, 0.3) is 11.7 Å². The van der Waals surface area contributed by atoms with Gasteiger partial charge in [0.15, 0.2) is 5.56 Å². The van der Waals surface area contributed by atoms with Gasteiger partial charge in [-0.05, 0) is 31.3 Å². The minimum atomic E-state index is -0.598. The summed E-state index contributed by atoms with van der Waals surface area (Å²) in [4.78, 5) is 40.2. The first-order valence-corrected chi connectivity index (χ1v) is 10.9. The summed E-state index contributed by atoms with van der Waals surface area (Å²) in [5.41, 5.74) is -0.0549. The monoisotopic (exact) mass is 443 g/mol. The zero-order chi connectivity index (χ0) is 23.0. The van der Waals surface area contributed by atoms with E-state index in [9.17, 15) is 19.5 Å². The first-order chi connectivity index (χ1) is 15.3. The maximum Gasteiger partial charge on any atom is 0.270 e. The number of aromatic hydroxyl groups is 1. The highest BCUT2D eigenvalue weighted by atomic mass is 16.5. The topological polar surface area (TPSA) is 118 Å². The van der Waals surface area contributed by atoms with Crippen LogP contribution in [0.1, 0.15) is 49.0 Å². The van der Waals surface area contributed by atoms with Gasteiger partial charge in [-0.25, -0.2) is 0 Å². The van der Waals surface area contributed by atoms with Crippen molar-refractivity contribution in [2.45, 2.75) is 51.8 Å². The van der Waals surface area contributed by atoms with Crippen LogP contribution < -0.4 is 10.9 Å². The SMILES string of the molecule is COC1CCN(C(=O)C=Cc2cnn3c(O)c(C(=O)NC4CC4)c(=O)n(CC(C)C)c23)C1. The van der Waals surface area contributed by atoms with Gasteiger partial charge in [-0.2, -0.15) is 9.61 Å². The molecule has 4 rings (SSSR count). The third kappa shape index (κ3) is 4.27. The Hall–Kier alpha value is -3.14. The van der Waals surface area contributed by atoms with E-state index in [1.165, 1.54) is 21.4 Å². The smallest absolute Gasteiger partial charge is 0.270 e. The van der Waals surface area contributed by atoms with Crippen LogP contribution in [0.4, 0.5) is 0 Å². The summed E-state index contributed by atoms with van der Waals surface area (Å²) in [5, 5.41) is 17.7. The standard InChI is InChI=1S/C22H29N5O5/c1-13(2)11-26-20-14(4-7-17(28)25-9-8-16(12-25)32-3)10-23-27(20)22(31)18(21(26)30)19(29)24-15-5-6-15/h4,7,10,13,15-16,31H,5-6,8-9,11-12H2,1-3H3,(H,24,29). The number of rotatable bonds is 7. The average molecular weight is 444 g/mol. The zero-order valence-electron chi connectivity index (χ0n) is 18.6. The highest BCUT2D eigenvalue weighted by Gasteiger charge is 2.30. The predicted molar refractivity (Wildman–Crippen MR) is 117 cm³/mol. The van der Waals surface area contributed by atoms with Crippen LogP contribution in [0.5, 0.6) is 5.88 Å². The lowest BCUT2D eigenvalue weighted by Crippen LogP contribution is -2.36. The van der Waals surface area contributed by atoms with Crippen LogP contribution in [0.3, 0.4) is 0 Å². The van der Waals surface area contributed by atoms with Gasteiger partial charge in [0.05, 0.1) is 12.3 Å². The van der Waals surface area contributed by atoms with Crippen molar-refractivity contribution in [1.82, 2.24) is 24.4 Å². The molecule has 2 fully saturated rings. The molecule has 1 aliphatic carbocycles. The Morgan fingerprint density at radius 1 is 1.34 bits per heavy atom. The van der Waals surface area contributed by atoms with Crippen LogP contribution in [-0.4, -0.2) is 68.3 Å². The minimum absolute atomic E-state index is 0.0395. The number of amides is 2. The molecule has 2 aromatic rings. The van der Waals surface area contributed by atoms with E-state index in [0.717, 1.165) is 19.3 Å². The summed E-state index contributed by atoms with van der Waals surface area (Å²) in [7, 11) is 1.63. The van der Waals surface area contributed by atoms with Crippen LogP contribution in [0.15, 0.2) is 17.1 Å². The molecule has 0 spiro atoms. The van der Waals surface area contributed by atoms with Crippen molar-refractivity contribution < 1.29 is 19.4 Å². The molecule has 2 aromatic heterocycles. The number of ether oxygens (including phenoxy) is 1. The number of carbonyl (C=O) groups is 2. The van der Waals surface area contributed by atoms with Gasteiger partial charge >= 0.3 is 0 Å². The van der Waals surface area contributed by atoms with E-state index in [4.69, 9.17) is 4.74 Å². The summed E-state index contributed by atoms with van der Waals surface area (Å²) in [6, 6.07) is 0.0426. The lowest BCUT2D eigenvalue weighted by Gasteiger charge is -2.15. The highest BCUT2D eigenvalue weighted by molar-refractivity contribution is 5.97. The van der Waals surface area contributed by atoms with Gasteiger partial charge in [0.25, 0.3) is 11.5 Å². The van der Waals surface area contributed by atoms with Crippen molar-refractivity contribution in [2.24, 2.45) is 5.92 Å². The highest BCUT2D eigenvalue weighted by Crippen LogP contribution is 2.23. The van der Waals surface area contributed by atoms with E-state index in [1.54, 1.807) is 18.1 Å². The largest absolute Gasteiger partial charge is 0.492 e. The molecule has 0 radical (unpaired) electrons. The first-order valence-electron chi connectivity index (χ1n) is 10.9. The van der Waals surface area contributed by atoms with Crippen LogP contribution in [0, 0.1) is 5.92 Å². The molecule has 2 amide bonds. The number of methoxy groups -OCH3 is 1. The second-order valence-corrected chi connectivity index (χ2v) is 8.86. The van der Waals surface area contributed by atoms with Gasteiger partial charge in [-0.15, -0.1) is 0 Å². The molecule has 0 bridgehead atoms. The van der Waals surface area contributed by atoms with E-state index < -0.39 is 17.3 Å². The maximum absolute atomic E-state index is 13.2. The minimum Gasteiger partial charge on any atom is -0.492 e. The van der Waals surface area contributed by atoms with Gasteiger partial charge < -0.3 is 20.1 Å². The quantitative estimate of drug-likeness (QED) is 0.617. The Morgan fingerprint density at radius 3 is 2.72 bits per heavy atom. The molecule has 1 atom stereocenters. The molecule has 10 heteroatoms. The second kappa shape index (κ2) is 8.78. The number of aromatic nitrogens is 3. The van der Waals surface area contributed by atoms with Gasteiger partial charge in [-0.3, -0.25) is 19.0 Å². The van der Waals surface area contributed by atoms with Crippen molar-refractivity contribution in [1.29, 1.82) is 0 Å². The van der Waals surface area contributed by atoms with Crippen LogP contribution in [0.2, 0.25) is 0 Å². The van der Waals surface area contributed by atoms with Crippen molar-refractivity contribution in [3.05, 3.63) is 33.8 Å². The molecule has 10 nitrogen and oxygen atoms in total. The molecule has 1 saturated heterocycles. The maximum atomic E-state index is 13.2. The fourth-order valence-electron chi connectivity index (χ4n) is 3.94. The molecule has 1 aliphatic heterocycles. The summed E-state index contributed by atoms with van der Waals surface area (Å²) >= 11 is 0. The lowest BCUT2D eigenvalue weighted by molar-refractivity contribution is -0.125. The molecule has 32 heavy (non-hydrogen) atoms. The van der Waals surface area contributed by atoms with Crippen molar-refractivity contribution in [2.75, 3.05) is 20.2 Å². The number of likely N-dealkylation sites (tertiary alicyclic amines) is 1. The summed E-state index contributed by atoms with van der Waals surface area (Å²) in [6.45, 7) is 5.39. The van der Waals surface area contributed by atoms with Crippen molar-refractivity contribution in [3.63, 3.8) is 0 Å². The Kier molecular flexibility index (Phi) is 6.05. The predicted octanol–water partition coefficient (Wildman–Crippen LogP) is 1.01. The third-order valence-electron chi connectivity index (χ3n) is 5.79. The Morgan fingerprint density at radius 2 is 2.09 bits per heavy atom. The summed E-state index contributed by atoms with van der Waals surface area (Å²) < 4.78 is 7.94. The number of hydrogen-bond donors (Lipinski definition) is 2. The van der Waals surface area contributed by atoms with E-state index in [1.807, 2.05) is 13.8 Å². The molecule has 3 heterocycles. The number of nitrogens with zero attached hydrogens (tertiary/aromatic N) is 4. The molecule has 2 N–H and O–H groups in total. The fraction of sp³-hybridized carbons (Fsp3) is 0.545. The Balaban J connectivity index is 1.72. The Labute approximate surface area is 185 Å². The van der Waals surface area contributed by atoms with E-state index in [-0.39, 0.29) is 29.5 Å². The number of carbonyl (C=O) groups excluding carboxylic acids is 2. The third-order valence-corrected chi connectivity index (χ3v) is 5.79. The van der Waals surface area contributed by atoms with Crippen molar-refractivity contribution >= 4 is 23.5 Å². The molecule has 2 aliphatic rings. The summed E-state index contributed by atoms with van der Waals surface area (Å²) in [6.07, 6.45) is 7.05. The van der Waals surface area contributed by atoms with Gasteiger partial charge in [-0.1, -0.05) is 13.8 Å². The molecule has 0 aromatic carbocycles. The number of hydrogen-bond acceptors (Lipinski definition) is 6. The first kappa shape index (κ1) is 22.1. The Bertz CT molecular complexity index is 1130. The average Bonchev–Trinajstić information content (AvgIpc) is 3.26. The van der Waals surface area contributed by atoms with Gasteiger partial charge in [0.2, 0.25) is 11.8 Å². The summed E-state index contributed by atoms with van der Waals surface area (Å²) in [5.74, 6) is -1.16. The number of nitrogens with one attached hydrogen (secondary N) is 1. The van der Waals surface area contributed by atoms with E-state index >= 15 is 0 Å². The molecule has 1 saturated carbocycles. The van der Waals surface area contributed by atoms with Gasteiger partial charge in [0, 0.05) is 44.4 Å². The van der Waals surface area contributed by atoms with Crippen LogP contribution in [-0.2, 0) is 16.1 Å². The van der Waals surface area contributed by atoms with Crippen LogP contribution >= 0.6 is 0 Å². The lowest BCUT2D eigenvalue weighted by atomic mass is 10.2. The molecular formula is C22H29N5O5. The normalized spacial score (nSPS) is 18.9. The zero-order valence-corrected chi connectivity index (χ0v) is 18.6. The molecule has 1 unspecified atom stereocenters. The fourth-order valence-corrected chi connectivity index (χ4v) is 3.94.